The minimum Gasteiger partial charge on any atom is -0.495 e. The van der Waals surface area contributed by atoms with Crippen molar-refractivity contribution in [2.45, 2.75) is 23.6 Å². The second-order valence-electron chi connectivity index (χ2n) is 7.75. The van der Waals surface area contributed by atoms with Crippen molar-refractivity contribution < 1.29 is 26.4 Å². The topological polar surface area (TPSA) is 125 Å². The van der Waals surface area contributed by atoms with Crippen LogP contribution in [0.2, 0.25) is 0 Å². The second kappa shape index (κ2) is 10.1. The second-order valence-corrected chi connectivity index (χ2v) is 12.0. The number of rotatable bonds is 9. The first kappa shape index (κ1) is 26.6. The van der Waals surface area contributed by atoms with E-state index in [4.69, 9.17) is 4.74 Å². The maximum absolute atomic E-state index is 12.6. The average Bonchev–Trinajstić information content (AvgIpc) is 2.74. The standard InChI is InChI=1S/C21H30N4O6S2/c1-14-10-17(32(27,28)24(3)4)12-18(15(14)2)22-13-21(26)23-16-8-9-19(31-7)20(11-16)33(29,30)25(5)6/h8-12,22H,13H2,1-7H3,(H,23,26). The van der Waals surface area contributed by atoms with Crippen molar-refractivity contribution in [1.29, 1.82) is 0 Å². The van der Waals surface area contributed by atoms with E-state index in [1.807, 2.05) is 6.92 Å². The van der Waals surface area contributed by atoms with Gasteiger partial charge < -0.3 is 15.4 Å². The fourth-order valence-electron chi connectivity index (χ4n) is 2.90. The van der Waals surface area contributed by atoms with Gasteiger partial charge in [-0.1, -0.05) is 0 Å². The van der Waals surface area contributed by atoms with Gasteiger partial charge in [-0.05, 0) is 55.3 Å². The van der Waals surface area contributed by atoms with Crippen molar-refractivity contribution in [2.24, 2.45) is 0 Å². The molecule has 0 spiro atoms. The zero-order chi connectivity index (χ0) is 25.1. The van der Waals surface area contributed by atoms with Gasteiger partial charge in [0.2, 0.25) is 26.0 Å². The van der Waals surface area contributed by atoms with Crippen LogP contribution in [0.25, 0.3) is 0 Å². The van der Waals surface area contributed by atoms with Crippen molar-refractivity contribution in [3.8, 4) is 5.75 Å². The molecule has 0 saturated heterocycles. The van der Waals surface area contributed by atoms with Crippen LogP contribution in [0, 0.1) is 13.8 Å². The molecule has 33 heavy (non-hydrogen) atoms. The molecule has 182 valence electrons. The summed E-state index contributed by atoms with van der Waals surface area (Å²) in [6.45, 7) is 3.45. The number of hydrogen-bond acceptors (Lipinski definition) is 7. The lowest BCUT2D eigenvalue weighted by Crippen LogP contribution is -2.25. The average molecular weight is 499 g/mol. The monoisotopic (exact) mass is 498 g/mol. The summed E-state index contributed by atoms with van der Waals surface area (Å²) in [5.74, 6) is -0.281. The Morgan fingerprint density at radius 1 is 0.939 bits per heavy atom. The van der Waals surface area contributed by atoms with Crippen molar-refractivity contribution in [1.82, 2.24) is 8.61 Å². The molecule has 2 rings (SSSR count). The molecule has 0 aliphatic carbocycles. The number of benzene rings is 2. The van der Waals surface area contributed by atoms with Gasteiger partial charge in [-0.15, -0.1) is 0 Å². The predicted molar refractivity (Wildman–Crippen MR) is 128 cm³/mol. The Bertz CT molecular complexity index is 1260. The molecule has 12 heteroatoms. The summed E-state index contributed by atoms with van der Waals surface area (Å²) < 4.78 is 57.4. The predicted octanol–water partition coefficient (Wildman–Crippen LogP) is 1.86. The van der Waals surface area contributed by atoms with E-state index in [0.717, 1.165) is 19.7 Å². The molecule has 0 atom stereocenters. The van der Waals surface area contributed by atoms with Crippen molar-refractivity contribution in [3.63, 3.8) is 0 Å². The third kappa shape index (κ3) is 5.82. The first-order chi connectivity index (χ1) is 15.2. The zero-order valence-electron chi connectivity index (χ0n) is 19.8. The van der Waals surface area contributed by atoms with Gasteiger partial charge in [-0.3, -0.25) is 4.79 Å². The van der Waals surface area contributed by atoms with E-state index >= 15 is 0 Å². The largest absolute Gasteiger partial charge is 0.495 e. The number of methoxy groups -OCH3 is 1. The Balaban J connectivity index is 2.24. The summed E-state index contributed by atoms with van der Waals surface area (Å²) in [6.07, 6.45) is 0. The minimum atomic E-state index is -3.79. The third-order valence-electron chi connectivity index (χ3n) is 5.06. The van der Waals surface area contributed by atoms with Gasteiger partial charge in [-0.25, -0.2) is 25.4 Å². The summed E-state index contributed by atoms with van der Waals surface area (Å²) in [4.78, 5) is 12.6. The van der Waals surface area contributed by atoms with E-state index in [2.05, 4.69) is 10.6 Å². The quantitative estimate of drug-likeness (QED) is 0.541. The first-order valence-electron chi connectivity index (χ1n) is 9.90. The molecule has 1 amide bonds. The van der Waals surface area contributed by atoms with E-state index in [1.54, 1.807) is 13.0 Å². The maximum Gasteiger partial charge on any atom is 0.246 e. The molecular weight excluding hydrogens is 468 g/mol. The lowest BCUT2D eigenvalue weighted by molar-refractivity contribution is -0.114. The molecule has 2 aromatic carbocycles. The van der Waals surface area contributed by atoms with Crippen molar-refractivity contribution in [3.05, 3.63) is 41.5 Å². The Hall–Kier alpha value is -2.67. The number of carbonyl (C=O) groups is 1. The lowest BCUT2D eigenvalue weighted by Gasteiger charge is -2.17. The van der Waals surface area contributed by atoms with E-state index in [-0.39, 0.29) is 27.8 Å². The molecule has 2 N–H and O–H groups in total. The number of aryl methyl sites for hydroxylation is 1. The maximum atomic E-state index is 12.6. The van der Waals surface area contributed by atoms with Crippen LogP contribution < -0.4 is 15.4 Å². The van der Waals surface area contributed by atoms with E-state index in [9.17, 15) is 21.6 Å². The van der Waals surface area contributed by atoms with Crippen LogP contribution in [-0.4, -0.2) is 73.2 Å². The molecule has 10 nitrogen and oxygen atoms in total. The number of hydrogen-bond donors (Lipinski definition) is 2. The molecule has 0 saturated carbocycles. The molecular formula is C21H30N4O6S2. The summed E-state index contributed by atoms with van der Waals surface area (Å²) >= 11 is 0. The van der Waals surface area contributed by atoms with Crippen LogP contribution >= 0.6 is 0 Å². The van der Waals surface area contributed by atoms with Gasteiger partial charge in [0.15, 0.2) is 0 Å². The molecule has 0 bridgehead atoms. The van der Waals surface area contributed by atoms with Gasteiger partial charge in [0.25, 0.3) is 0 Å². The van der Waals surface area contributed by atoms with Gasteiger partial charge in [0, 0.05) is 39.6 Å². The molecule has 0 aliphatic heterocycles. The number of nitrogens with one attached hydrogen (secondary N) is 2. The molecule has 0 radical (unpaired) electrons. The first-order valence-corrected chi connectivity index (χ1v) is 12.8. The molecule has 0 unspecified atom stereocenters. The number of sulfonamides is 2. The van der Waals surface area contributed by atoms with Crippen LogP contribution in [0.5, 0.6) is 5.75 Å². The van der Waals surface area contributed by atoms with E-state index < -0.39 is 26.0 Å². The smallest absolute Gasteiger partial charge is 0.246 e. The molecule has 0 heterocycles. The van der Waals surface area contributed by atoms with Gasteiger partial charge in [-0.2, -0.15) is 0 Å². The number of nitrogens with zero attached hydrogens (tertiary/aromatic N) is 2. The lowest BCUT2D eigenvalue weighted by atomic mass is 10.1. The Kier molecular flexibility index (Phi) is 8.12. The minimum absolute atomic E-state index is 0.0752. The highest BCUT2D eigenvalue weighted by atomic mass is 32.2. The number of anilines is 2. The van der Waals surface area contributed by atoms with Crippen molar-refractivity contribution >= 4 is 37.3 Å². The molecule has 0 fully saturated rings. The highest BCUT2D eigenvalue weighted by Gasteiger charge is 2.23. The highest BCUT2D eigenvalue weighted by molar-refractivity contribution is 7.89. The Morgan fingerprint density at radius 2 is 1.55 bits per heavy atom. The Labute approximate surface area is 195 Å². The summed E-state index contributed by atoms with van der Waals surface area (Å²) in [7, 11) is -0.363. The number of ether oxygens (including phenoxy) is 1. The molecule has 0 aliphatic rings. The summed E-state index contributed by atoms with van der Waals surface area (Å²) in [6, 6.07) is 7.39. The SMILES string of the molecule is COc1ccc(NC(=O)CNc2cc(S(=O)(=O)N(C)C)cc(C)c2C)cc1S(=O)(=O)N(C)C. The number of carbonyl (C=O) groups excluding carboxylic acids is 1. The van der Waals surface area contributed by atoms with Gasteiger partial charge >= 0.3 is 0 Å². The zero-order valence-corrected chi connectivity index (χ0v) is 21.4. The van der Waals surface area contributed by atoms with Crippen LogP contribution in [0.4, 0.5) is 11.4 Å². The number of amides is 1. The van der Waals surface area contributed by atoms with E-state index in [1.165, 1.54) is 59.6 Å². The fourth-order valence-corrected chi connectivity index (χ4v) is 4.99. The molecule has 0 aromatic heterocycles. The van der Waals surface area contributed by atoms with Crippen LogP contribution in [0.1, 0.15) is 11.1 Å². The van der Waals surface area contributed by atoms with Crippen LogP contribution in [0.3, 0.4) is 0 Å². The van der Waals surface area contributed by atoms with Gasteiger partial charge in [0.05, 0.1) is 18.6 Å². The summed E-state index contributed by atoms with van der Waals surface area (Å²) in [5, 5.41) is 5.61. The summed E-state index contributed by atoms with van der Waals surface area (Å²) in [5.41, 5.74) is 2.36. The highest BCUT2D eigenvalue weighted by Crippen LogP contribution is 2.29. The normalized spacial score (nSPS) is 12.2. The molecule has 2 aromatic rings. The fraction of sp³-hybridized carbons (Fsp3) is 0.381. The van der Waals surface area contributed by atoms with E-state index in [0.29, 0.717) is 5.69 Å². The van der Waals surface area contributed by atoms with Crippen LogP contribution in [0.15, 0.2) is 40.1 Å². The Morgan fingerprint density at radius 3 is 2.09 bits per heavy atom. The van der Waals surface area contributed by atoms with Crippen LogP contribution in [-0.2, 0) is 24.8 Å². The van der Waals surface area contributed by atoms with Gasteiger partial charge in [0.1, 0.15) is 10.6 Å². The third-order valence-corrected chi connectivity index (χ3v) is 8.69. The van der Waals surface area contributed by atoms with Crippen molar-refractivity contribution in [2.75, 3.05) is 52.5 Å².